The van der Waals surface area contributed by atoms with E-state index in [9.17, 15) is 4.79 Å². The van der Waals surface area contributed by atoms with Gasteiger partial charge in [0.05, 0.1) is 13.2 Å². The van der Waals surface area contributed by atoms with E-state index in [1.807, 2.05) is 42.2 Å². The Morgan fingerprint density at radius 1 is 1.04 bits per heavy atom. The van der Waals surface area contributed by atoms with Crippen molar-refractivity contribution < 1.29 is 9.53 Å². The molecule has 5 nitrogen and oxygen atoms in total. The Kier molecular flexibility index (Phi) is 6.71. The summed E-state index contributed by atoms with van der Waals surface area (Å²) in [5.74, 6) is 0.823. The molecule has 5 heteroatoms. The summed E-state index contributed by atoms with van der Waals surface area (Å²) >= 11 is 0. The van der Waals surface area contributed by atoms with Crippen molar-refractivity contribution >= 4 is 6.03 Å². The molecule has 2 aromatic carbocycles. The predicted molar refractivity (Wildman–Crippen MR) is 108 cm³/mol. The number of nitrogens with one attached hydrogen (secondary N) is 1. The first-order valence-corrected chi connectivity index (χ1v) is 9.61. The van der Waals surface area contributed by atoms with Crippen molar-refractivity contribution in [3.8, 4) is 5.75 Å². The number of rotatable bonds is 6. The number of ether oxygens (including phenoxy) is 1. The number of benzene rings is 2. The van der Waals surface area contributed by atoms with Crippen molar-refractivity contribution in [2.24, 2.45) is 0 Å². The summed E-state index contributed by atoms with van der Waals surface area (Å²) in [6, 6.07) is 18.4. The number of hydrogen-bond acceptors (Lipinski definition) is 3. The molecule has 1 N–H and O–H groups in total. The van der Waals surface area contributed by atoms with Gasteiger partial charge in [0.15, 0.2) is 0 Å². The summed E-state index contributed by atoms with van der Waals surface area (Å²) < 4.78 is 5.18. The SMILES string of the molecule is COc1ccc([C@@H](C)NC(=O)N2CCN(CCc3ccccc3)CC2)cc1. The maximum Gasteiger partial charge on any atom is 0.317 e. The number of piperazine rings is 1. The van der Waals surface area contributed by atoms with E-state index in [-0.39, 0.29) is 12.1 Å². The lowest BCUT2D eigenvalue weighted by atomic mass is 10.1. The molecule has 0 saturated carbocycles. The maximum absolute atomic E-state index is 12.6. The van der Waals surface area contributed by atoms with Gasteiger partial charge in [-0.3, -0.25) is 4.90 Å². The fourth-order valence-corrected chi connectivity index (χ4v) is 3.36. The highest BCUT2D eigenvalue weighted by Gasteiger charge is 2.22. The molecule has 0 bridgehead atoms. The molecule has 1 saturated heterocycles. The van der Waals surface area contributed by atoms with E-state index in [2.05, 4.69) is 34.5 Å². The van der Waals surface area contributed by atoms with Gasteiger partial charge >= 0.3 is 6.03 Å². The van der Waals surface area contributed by atoms with Gasteiger partial charge in [-0.25, -0.2) is 4.79 Å². The second-order valence-electron chi connectivity index (χ2n) is 7.01. The number of nitrogens with zero attached hydrogens (tertiary/aromatic N) is 2. The summed E-state index contributed by atoms with van der Waals surface area (Å²) in [7, 11) is 1.65. The largest absolute Gasteiger partial charge is 0.497 e. The van der Waals surface area contributed by atoms with Crippen molar-refractivity contribution in [1.82, 2.24) is 15.1 Å². The summed E-state index contributed by atoms with van der Waals surface area (Å²) in [6.45, 7) is 6.46. The highest BCUT2D eigenvalue weighted by atomic mass is 16.5. The van der Waals surface area contributed by atoms with Crippen molar-refractivity contribution in [1.29, 1.82) is 0 Å². The fourth-order valence-electron chi connectivity index (χ4n) is 3.36. The Morgan fingerprint density at radius 3 is 2.33 bits per heavy atom. The maximum atomic E-state index is 12.6. The molecule has 27 heavy (non-hydrogen) atoms. The first-order valence-electron chi connectivity index (χ1n) is 9.61. The zero-order valence-corrected chi connectivity index (χ0v) is 16.2. The fraction of sp³-hybridized carbons (Fsp3) is 0.409. The second kappa shape index (κ2) is 9.42. The Morgan fingerprint density at radius 2 is 1.70 bits per heavy atom. The van der Waals surface area contributed by atoms with Crippen LogP contribution in [0.25, 0.3) is 0 Å². The second-order valence-corrected chi connectivity index (χ2v) is 7.01. The van der Waals surface area contributed by atoms with E-state index >= 15 is 0 Å². The topological polar surface area (TPSA) is 44.8 Å². The van der Waals surface area contributed by atoms with Gasteiger partial charge in [-0.1, -0.05) is 42.5 Å². The Balaban J connectivity index is 1.42. The molecule has 3 rings (SSSR count). The molecule has 1 aliphatic rings. The molecule has 1 fully saturated rings. The number of hydrogen-bond donors (Lipinski definition) is 1. The molecule has 0 spiro atoms. The zero-order valence-electron chi connectivity index (χ0n) is 16.2. The van der Waals surface area contributed by atoms with Crippen LogP contribution in [0.5, 0.6) is 5.75 Å². The van der Waals surface area contributed by atoms with Crippen LogP contribution >= 0.6 is 0 Å². The van der Waals surface area contributed by atoms with Crippen molar-refractivity contribution in [3.63, 3.8) is 0 Å². The minimum Gasteiger partial charge on any atom is -0.497 e. The molecule has 1 aliphatic heterocycles. The molecule has 0 aromatic heterocycles. The summed E-state index contributed by atoms with van der Waals surface area (Å²) in [5, 5.41) is 3.10. The normalized spacial score (nSPS) is 16.0. The third-order valence-corrected chi connectivity index (χ3v) is 5.17. The lowest BCUT2D eigenvalue weighted by Crippen LogP contribution is -2.52. The summed E-state index contributed by atoms with van der Waals surface area (Å²) in [4.78, 5) is 16.9. The molecule has 2 aromatic rings. The van der Waals surface area contributed by atoms with Crippen LogP contribution in [0, 0.1) is 0 Å². The average molecular weight is 367 g/mol. The third-order valence-electron chi connectivity index (χ3n) is 5.17. The van der Waals surface area contributed by atoms with Gasteiger partial charge in [-0.05, 0) is 36.6 Å². The Hall–Kier alpha value is -2.53. The lowest BCUT2D eigenvalue weighted by molar-refractivity contribution is 0.138. The third kappa shape index (κ3) is 5.47. The van der Waals surface area contributed by atoms with Gasteiger partial charge in [0.2, 0.25) is 0 Å². The first-order chi connectivity index (χ1) is 13.2. The summed E-state index contributed by atoms with van der Waals surface area (Å²) in [6.07, 6.45) is 1.06. The lowest BCUT2D eigenvalue weighted by Gasteiger charge is -2.35. The van der Waals surface area contributed by atoms with Crippen molar-refractivity contribution in [2.75, 3.05) is 39.8 Å². The minimum absolute atomic E-state index is 0.0148. The molecular weight excluding hydrogens is 338 g/mol. The van der Waals surface area contributed by atoms with Gasteiger partial charge in [0, 0.05) is 32.7 Å². The monoisotopic (exact) mass is 367 g/mol. The smallest absolute Gasteiger partial charge is 0.317 e. The molecule has 1 heterocycles. The highest BCUT2D eigenvalue weighted by Crippen LogP contribution is 2.17. The molecule has 0 unspecified atom stereocenters. The minimum atomic E-state index is -0.0282. The number of methoxy groups -OCH3 is 1. The van der Waals surface area contributed by atoms with Crippen molar-refractivity contribution in [2.45, 2.75) is 19.4 Å². The molecule has 0 aliphatic carbocycles. The number of carbonyl (C=O) groups is 1. The Bertz CT molecular complexity index is 710. The molecule has 1 atom stereocenters. The van der Waals surface area contributed by atoms with Crippen molar-refractivity contribution in [3.05, 3.63) is 65.7 Å². The van der Waals surface area contributed by atoms with Gasteiger partial charge in [0.25, 0.3) is 0 Å². The van der Waals surface area contributed by atoms with Crippen LogP contribution in [0.2, 0.25) is 0 Å². The van der Waals surface area contributed by atoms with Gasteiger partial charge in [0.1, 0.15) is 5.75 Å². The van der Waals surface area contributed by atoms with E-state index in [4.69, 9.17) is 4.74 Å². The van der Waals surface area contributed by atoms with Gasteiger partial charge in [-0.2, -0.15) is 0 Å². The van der Waals surface area contributed by atoms with Crippen LogP contribution in [-0.2, 0) is 6.42 Å². The van der Waals surface area contributed by atoms with E-state index < -0.39 is 0 Å². The zero-order chi connectivity index (χ0) is 19.1. The standard InChI is InChI=1S/C22H29N3O2/c1-18(20-8-10-21(27-2)11-9-20)23-22(26)25-16-14-24(15-17-25)13-12-19-6-4-3-5-7-19/h3-11,18H,12-17H2,1-2H3,(H,23,26)/t18-/m1/s1. The van der Waals surface area contributed by atoms with E-state index in [0.29, 0.717) is 0 Å². The molecule has 144 valence electrons. The number of urea groups is 1. The highest BCUT2D eigenvalue weighted by molar-refractivity contribution is 5.74. The predicted octanol–water partition coefficient (Wildman–Crippen LogP) is 3.33. The van der Waals surface area contributed by atoms with Crippen LogP contribution in [0.15, 0.2) is 54.6 Å². The van der Waals surface area contributed by atoms with Crippen LogP contribution in [0.1, 0.15) is 24.1 Å². The Labute approximate surface area is 161 Å². The number of carbonyl (C=O) groups excluding carboxylic acids is 1. The van der Waals surface area contributed by atoms with Crippen LogP contribution in [-0.4, -0.2) is 55.7 Å². The van der Waals surface area contributed by atoms with Gasteiger partial charge in [-0.15, -0.1) is 0 Å². The summed E-state index contributed by atoms with van der Waals surface area (Å²) in [5.41, 5.74) is 2.44. The van der Waals surface area contributed by atoms with E-state index in [1.165, 1.54) is 5.56 Å². The quantitative estimate of drug-likeness (QED) is 0.852. The van der Waals surface area contributed by atoms with E-state index in [1.54, 1.807) is 7.11 Å². The average Bonchev–Trinajstić information content (AvgIpc) is 2.73. The van der Waals surface area contributed by atoms with E-state index in [0.717, 1.165) is 50.5 Å². The van der Waals surface area contributed by atoms with Crippen LogP contribution in [0.3, 0.4) is 0 Å². The van der Waals surface area contributed by atoms with Gasteiger partial charge < -0.3 is 15.0 Å². The molecule has 2 amide bonds. The number of amides is 2. The first kappa shape index (κ1) is 19.2. The van der Waals surface area contributed by atoms with Crippen LogP contribution in [0.4, 0.5) is 4.79 Å². The molecular formula is C22H29N3O2. The van der Waals surface area contributed by atoms with Crippen LogP contribution < -0.4 is 10.1 Å². The molecule has 0 radical (unpaired) electrons.